The molecule has 1 unspecified atom stereocenters. The third-order valence-corrected chi connectivity index (χ3v) is 2.80. The molecule has 0 aliphatic heterocycles. The summed E-state index contributed by atoms with van der Waals surface area (Å²) in [6.45, 7) is 4.14. The number of hydrogen-bond donors (Lipinski definition) is 1. The first kappa shape index (κ1) is 13.4. The van der Waals surface area contributed by atoms with Crippen LogP contribution in [0.25, 0.3) is 0 Å². The zero-order valence-corrected chi connectivity index (χ0v) is 10.4. The van der Waals surface area contributed by atoms with Crippen molar-refractivity contribution in [3.8, 4) is 0 Å². The van der Waals surface area contributed by atoms with Gasteiger partial charge in [0.25, 0.3) is 0 Å². The highest BCUT2D eigenvalue weighted by molar-refractivity contribution is 6.31. The van der Waals surface area contributed by atoms with Gasteiger partial charge in [0.2, 0.25) is 0 Å². The van der Waals surface area contributed by atoms with E-state index in [-0.39, 0.29) is 11.1 Å². The summed E-state index contributed by atoms with van der Waals surface area (Å²) in [6.07, 6.45) is 0.821. The standard InChI is InChI=1S/C12H16ClF2N/c1-7(2)4-12(16-3)8-5-10(14)11(15)6-9(8)13/h5-7,12,16H,4H2,1-3H3. The molecule has 1 aromatic carbocycles. The smallest absolute Gasteiger partial charge is 0.160 e. The van der Waals surface area contributed by atoms with Crippen molar-refractivity contribution in [3.63, 3.8) is 0 Å². The highest BCUT2D eigenvalue weighted by atomic mass is 35.5. The van der Waals surface area contributed by atoms with Crippen molar-refractivity contribution in [2.75, 3.05) is 7.05 Å². The van der Waals surface area contributed by atoms with Gasteiger partial charge in [0.05, 0.1) is 0 Å². The first-order valence-corrected chi connectivity index (χ1v) is 5.65. The quantitative estimate of drug-likeness (QED) is 0.795. The molecule has 90 valence electrons. The molecule has 0 saturated carbocycles. The second-order valence-electron chi connectivity index (χ2n) is 4.26. The summed E-state index contributed by atoms with van der Waals surface area (Å²) >= 11 is 5.91. The van der Waals surface area contributed by atoms with Crippen molar-refractivity contribution in [1.82, 2.24) is 5.32 Å². The summed E-state index contributed by atoms with van der Waals surface area (Å²) in [6, 6.07) is 2.14. The van der Waals surface area contributed by atoms with Crippen LogP contribution in [0.4, 0.5) is 8.78 Å². The Morgan fingerprint density at radius 3 is 2.31 bits per heavy atom. The maximum Gasteiger partial charge on any atom is 0.160 e. The summed E-state index contributed by atoms with van der Waals surface area (Å²) < 4.78 is 26.0. The summed E-state index contributed by atoms with van der Waals surface area (Å²) in [7, 11) is 1.78. The zero-order valence-electron chi connectivity index (χ0n) is 9.65. The van der Waals surface area contributed by atoms with Gasteiger partial charge in [-0.3, -0.25) is 0 Å². The van der Waals surface area contributed by atoms with Gasteiger partial charge in [-0.2, -0.15) is 0 Å². The van der Waals surface area contributed by atoms with Crippen LogP contribution >= 0.6 is 11.6 Å². The molecule has 0 aromatic heterocycles. The average molecular weight is 248 g/mol. The Hall–Kier alpha value is -0.670. The van der Waals surface area contributed by atoms with Crippen molar-refractivity contribution in [3.05, 3.63) is 34.4 Å². The van der Waals surface area contributed by atoms with Crippen LogP contribution in [0, 0.1) is 17.6 Å². The largest absolute Gasteiger partial charge is 0.313 e. The SMILES string of the molecule is CNC(CC(C)C)c1cc(F)c(F)cc1Cl. The summed E-state index contributed by atoms with van der Waals surface area (Å²) in [4.78, 5) is 0. The molecule has 1 rings (SSSR count). The zero-order chi connectivity index (χ0) is 12.3. The Kier molecular flexibility index (Phi) is 4.69. The lowest BCUT2D eigenvalue weighted by atomic mass is 9.97. The van der Waals surface area contributed by atoms with E-state index in [0.717, 1.165) is 12.5 Å². The van der Waals surface area contributed by atoms with E-state index in [1.807, 2.05) is 0 Å². The van der Waals surface area contributed by atoms with Crippen molar-refractivity contribution < 1.29 is 8.78 Å². The van der Waals surface area contributed by atoms with Gasteiger partial charge in [0.15, 0.2) is 11.6 Å². The third kappa shape index (κ3) is 3.16. The van der Waals surface area contributed by atoms with E-state index in [4.69, 9.17) is 11.6 Å². The highest BCUT2D eigenvalue weighted by Gasteiger charge is 2.17. The maximum atomic E-state index is 13.1. The van der Waals surface area contributed by atoms with Crippen LogP contribution in [0.2, 0.25) is 5.02 Å². The predicted molar refractivity (Wildman–Crippen MR) is 62.6 cm³/mol. The molecule has 1 atom stereocenters. The molecule has 1 nitrogen and oxygen atoms in total. The van der Waals surface area contributed by atoms with E-state index in [0.29, 0.717) is 11.5 Å². The van der Waals surface area contributed by atoms with E-state index in [1.165, 1.54) is 6.07 Å². The second-order valence-corrected chi connectivity index (χ2v) is 4.67. The van der Waals surface area contributed by atoms with Gasteiger partial charge in [-0.15, -0.1) is 0 Å². The Labute approximate surface area is 99.8 Å². The van der Waals surface area contributed by atoms with E-state index in [1.54, 1.807) is 7.05 Å². The first-order valence-electron chi connectivity index (χ1n) is 5.27. The normalized spacial score (nSPS) is 13.2. The highest BCUT2D eigenvalue weighted by Crippen LogP contribution is 2.29. The number of halogens is 3. The van der Waals surface area contributed by atoms with Crippen LogP contribution in [0.15, 0.2) is 12.1 Å². The fraction of sp³-hybridized carbons (Fsp3) is 0.500. The lowest BCUT2D eigenvalue weighted by Gasteiger charge is -2.20. The molecule has 4 heteroatoms. The molecule has 1 aromatic rings. The number of nitrogens with one attached hydrogen (secondary N) is 1. The number of hydrogen-bond acceptors (Lipinski definition) is 1. The molecule has 1 N–H and O–H groups in total. The molecule has 0 amide bonds. The maximum absolute atomic E-state index is 13.1. The van der Waals surface area contributed by atoms with E-state index in [2.05, 4.69) is 19.2 Å². The lowest BCUT2D eigenvalue weighted by molar-refractivity contribution is 0.450. The molecule has 0 radical (unpaired) electrons. The van der Waals surface area contributed by atoms with Gasteiger partial charge in [0, 0.05) is 11.1 Å². The molecule has 0 aliphatic carbocycles. The van der Waals surface area contributed by atoms with Crippen LogP contribution in [0.3, 0.4) is 0 Å². The van der Waals surface area contributed by atoms with Crippen LogP contribution in [0.5, 0.6) is 0 Å². The Bertz CT molecular complexity index is 366. The van der Waals surface area contributed by atoms with Crippen molar-refractivity contribution in [2.45, 2.75) is 26.3 Å². The van der Waals surface area contributed by atoms with E-state index in [9.17, 15) is 8.78 Å². The molecule has 0 aliphatic rings. The van der Waals surface area contributed by atoms with Gasteiger partial charge in [0.1, 0.15) is 0 Å². The average Bonchev–Trinajstić information content (AvgIpc) is 2.20. The minimum absolute atomic E-state index is 0.0531. The summed E-state index contributed by atoms with van der Waals surface area (Å²) in [5.41, 5.74) is 0.608. The number of benzene rings is 1. The van der Waals surface area contributed by atoms with Gasteiger partial charge in [-0.05, 0) is 37.1 Å². The molecule has 16 heavy (non-hydrogen) atoms. The fourth-order valence-corrected chi connectivity index (χ4v) is 1.96. The van der Waals surface area contributed by atoms with Gasteiger partial charge in [-0.1, -0.05) is 25.4 Å². The van der Waals surface area contributed by atoms with Gasteiger partial charge in [-0.25, -0.2) is 8.78 Å². The van der Waals surface area contributed by atoms with Crippen molar-refractivity contribution >= 4 is 11.6 Å². The molecule has 0 heterocycles. The molecule has 0 saturated heterocycles. The predicted octanol–water partition coefficient (Wildman–Crippen LogP) is 3.92. The minimum atomic E-state index is -0.909. The topological polar surface area (TPSA) is 12.0 Å². The Morgan fingerprint density at radius 1 is 1.25 bits per heavy atom. The summed E-state index contributed by atoms with van der Waals surface area (Å²) in [5.74, 6) is -1.32. The fourth-order valence-electron chi connectivity index (χ4n) is 1.68. The van der Waals surface area contributed by atoms with Gasteiger partial charge < -0.3 is 5.32 Å². The minimum Gasteiger partial charge on any atom is -0.313 e. The molecule has 0 bridgehead atoms. The van der Waals surface area contributed by atoms with Crippen LogP contribution in [0.1, 0.15) is 31.9 Å². The molecular weight excluding hydrogens is 232 g/mol. The van der Waals surface area contributed by atoms with Crippen molar-refractivity contribution in [1.29, 1.82) is 0 Å². The van der Waals surface area contributed by atoms with E-state index >= 15 is 0 Å². The Morgan fingerprint density at radius 2 is 1.81 bits per heavy atom. The molecule has 0 spiro atoms. The second kappa shape index (κ2) is 5.60. The monoisotopic (exact) mass is 247 g/mol. The Balaban J connectivity index is 3.05. The molecule has 0 fully saturated rings. The van der Waals surface area contributed by atoms with E-state index < -0.39 is 11.6 Å². The number of rotatable bonds is 4. The van der Waals surface area contributed by atoms with Crippen molar-refractivity contribution in [2.24, 2.45) is 5.92 Å². The lowest BCUT2D eigenvalue weighted by Crippen LogP contribution is -2.19. The van der Waals surface area contributed by atoms with Crippen LogP contribution in [-0.2, 0) is 0 Å². The first-order chi connectivity index (χ1) is 7.45. The molecular formula is C12H16ClF2N. The third-order valence-electron chi connectivity index (χ3n) is 2.47. The summed E-state index contributed by atoms with van der Waals surface area (Å²) in [5, 5.41) is 3.33. The van der Waals surface area contributed by atoms with Crippen LogP contribution < -0.4 is 5.32 Å². The van der Waals surface area contributed by atoms with Gasteiger partial charge >= 0.3 is 0 Å². The van der Waals surface area contributed by atoms with Crippen LogP contribution in [-0.4, -0.2) is 7.05 Å².